The van der Waals surface area contributed by atoms with Crippen LogP contribution in [0.5, 0.6) is 0 Å². The largest absolute Gasteiger partial charge is 0.390 e. The number of aliphatic hydroxyl groups excluding tert-OH is 1. The molecule has 0 saturated heterocycles. The Bertz CT molecular complexity index is 580. The molecule has 1 heterocycles. The average Bonchev–Trinajstić information content (AvgIpc) is 2.49. The smallest absolute Gasteiger partial charge is 0.109 e. The molecule has 3 heteroatoms. The molecular weight excluding hydrogens is 363 g/mol. The summed E-state index contributed by atoms with van der Waals surface area (Å²) in [4.78, 5) is 0. The van der Waals surface area contributed by atoms with E-state index in [1.807, 2.05) is 12.1 Å². The van der Waals surface area contributed by atoms with E-state index in [1.165, 1.54) is 9.13 Å². The monoisotopic (exact) mass is 380 g/mol. The van der Waals surface area contributed by atoms with Crippen LogP contribution in [0.3, 0.4) is 0 Å². The first kappa shape index (κ1) is 14.0. The predicted molar refractivity (Wildman–Crippen MR) is 87.7 cm³/mol. The maximum atomic E-state index is 10.5. The second-order valence-corrected chi connectivity index (χ2v) is 6.38. The quantitative estimate of drug-likeness (QED) is 0.826. The molecule has 1 aliphatic rings. The summed E-state index contributed by atoms with van der Waals surface area (Å²) in [5, 5.41) is 10.5. The van der Waals surface area contributed by atoms with Crippen LogP contribution in [0.4, 0.5) is 0 Å². The normalized spacial score (nSPS) is 19.4. The van der Waals surface area contributed by atoms with E-state index < -0.39 is 6.10 Å². The molecule has 2 aromatic carbocycles. The highest BCUT2D eigenvalue weighted by Gasteiger charge is 2.27. The molecule has 0 spiro atoms. The predicted octanol–water partition coefficient (Wildman–Crippen LogP) is 3.51. The van der Waals surface area contributed by atoms with E-state index in [0.717, 1.165) is 17.5 Å². The van der Waals surface area contributed by atoms with Crippen LogP contribution >= 0.6 is 22.6 Å². The average molecular weight is 380 g/mol. The number of rotatable bonds is 3. The molecule has 0 fully saturated rings. The van der Waals surface area contributed by atoms with Crippen LogP contribution in [0.2, 0.25) is 0 Å². The Morgan fingerprint density at radius 3 is 2.70 bits per heavy atom. The molecule has 0 bridgehead atoms. The van der Waals surface area contributed by atoms with Crippen LogP contribution < -0.4 is 0 Å². The Morgan fingerprint density at radius 2 is 1.90 bits per heavy atom. The summed E-state index contributed by atoms with van der Waals surface area (Å²) < 4.78 is 7.02. The van der Waals surface area contributed by atoms with Gasteiger partial charge in [-0.05, 0) is 57.8 Å². The van der Waals surface area contributed by atoms with Gasteiger partial charge < -0.3 is 9.84 Å². The van der Waals surface area contributed by atoms with E-state index in [0.29, 0.717) is 13.0 Å². The number of fused-ring (bicyclic) bond motifs is 1. The molecule has 0 amide bonds. The Labute approximate surface area is 132 Å². The minimum atomic E-state index is -0.503. The Kier molecular flexibility index (Phi) is 4.38. The summed E-state index contributed by atoms with van der Waals surface area (Å²) >= 11 is 2.29. The van der Waals surface area contributed by atoms with Crippen LogP contribution in [-0.2, 0) is 17.6 Å². The highest BCUT2D eigenvalue weighted by atomic mass is 127. The summed E-state index contributed by atoms with van der Waals surface area (Å²) in [7, 11) is 0. The van der Waals surface area contributed by atoms with Gasteiger partial charge in [-0.1, -0.05) is 36.4 Å². The molecule has 0 saturated carbocycles. The third-order valence-electron chi connectivity index (χ3n) is 3.74. The van der Waals surface area contributed by atoms with Gasteiger partial charge in [-0.3, -0.25) is 0 Å². The van der Waals surface area contributed by atoms with Gasteiger partial charge in [-0.15, -0.1) is 0 Å². The van der Waals surface area contributed by atoms with Crippen molar-refractivity contribution in [3.05, 3.63) is 68.8 Å². The lowest BCUT2D eigenvalue weighted by atomic mass is 9.92. The maximum Gasteiger partial charge on any atom is 0.109 e. The molecule has 2 aromatic rings. The van der Waals surface area contributed by atoms with Crippen LogP contribution in [0.25, 0.3) is 0 Å². The topological polar surface area (TPSA) is 29.5 Å². The number of hydrogen-bond donors (Lipinski definition) is 1. The standard InChI is InChI=1S/C17H17IO2/c18-14-7-5-12(6-8-14)11-16(19)17-15-4-2-1-3-13(15)9-10-20-17/h1-8,16-17,19H,9-11H2. The lowest BCUT2D eigenvalue weighted by Crippen LogP contribution is -2.28. The summed E-state index contributed by atoms with van der Waals surface area (Å²) in [6.07, 6.45) is 0.842. The third kappa shape index (κ3) is 3.05. The molecule has 0 radical (unpaired) electrons. The van der Waals surface area contributed by atoms with Gasteiger partial charge in [0.2, 0.25) is 0 Å². The SMILES string of the molecule is OC(Cc1ccc(I)cc1)C1OCCc2ccccc21. The fourth-order valence-electron chi connectivity index (χ4n) is 2.71. The molecule has 2 unspecified atom stereocenters. The molecule has 2 nitrogen and oxygen atoms in total. The van der Waals surface area contributed by atoms with Gasteiger partial charge in [0.15, 0.2) is 0 Å². The second-order valence-electron chi connectivity index (χ2n) is 5.14. The van der Waals surface area contributed by atoms with Gasteiger partial charge in [-0.25, -0.2) is 0 Å². The zero-order valence-corrected chi connectivity index (χ0v) is 13.3. The van der Waals surface area contributed by atoms with Crippen LogP contribution in [0, 0.1) is 3.57 Å². The number of halogens is 1. The molecule has 3 rings (SSSR count). The maximum absolute atomic E-state index is 10.5. The Balaban J connectivity index is 1.78. The number of aliphatic hydroxyl groups is 1. The van der Waals surface area contributed by atoms with E-state index in [2.05, 4.69) is 59.0 Å². The highest BCUT2D eigenvalue weighted by molar-refractivity contribution is 14.1. The molecule has 1 aliphatic heterocycles. The zero-order chi connectivity index (χ0) is 13.9. The molecule has 0 aromatic heterocycles. The number of ether oxygens (including phenoxy) is 1. The molecular formula is C17H17IO2. The van der Waals surface area contributed by atoms with E-state index in [4.69, 9.17) is 4.74 Å². The van der Waals surface area contributed by atoms with Gasteiger partial charge in [-0.2, -0.15) is 0 Å². The number of benzene rings is 2. The Hall–Kier alpha value is -0.910. The summed E-state index contributed by atoms with van der Waals surface area (Å²) in [5.74, 6) is 0. The molecule has 104 valence electrons. The first-order valence-corrected chi connectivity index (χ1v) is 7.94. The van der Waals surface area contributed by atoms with Crippen molar-refractivity contribution >= 4 is 22.6 Å². The van der Waals surface area contributed by atoms with Crippen molar-refractivity contribution in [1.29, 1.82) is 0 Å². The van der Waals surface area contributed by atoms with Crippen molar-refractivity contribution in [2.75, 3.05) is 6.61 Å². The third-order valence-corrected chi connectivity index (χ3v) is 4.46. The fraction of sp³-hybridized carbons (Fsp3) is 0.294. The first-order valence-electron chi connectivity index (χ1n) is 6.86. The zero-order valence-electron chi connectivity index (χ0n) is 11.1. The summed E-state index contributed by atoms with van der Waals surface area (Å²) in [6.45, 7) is 0.686. The minimum Gasteiger partial charge on any atom is -0.390 e. The van der Waals surface area contributed by atoms with Gasteiger partial charge in [0.25, 0.3) is 0 Å². The molecule has 20 heavy (non-hydrogen) atoms. The van der Waals surface area contributed by atoms with E-state index in [-0.39, 0.29) is 6.10 Å². The van der Waals surface area contributed by atoms with Crippen molar-refractivity contribution in [2.24, 2.45) is 0 Å². The summed E-state index contributed by atoms with van der Waals surface area (Å²) in [6, 6.07) is 16.5. The number of hydrogen-bond acceptors (Lipinski definition) is 2. The van der Waals surface area contributed by atoms with Crippen molar-refractivity contribution < 1.29 is 9.84 Å². The minimum absolute atomic E-state index is 0.209. The van der Waals surface area contributed by atoms with E-state index >= 15 is 0 Å². The van der Waals surface area contributed by atoms with Crippen LogP contribution in [0.1, 0.15) is 22.8 Å². The molecule has 2 atom stereocenters. The lowest BCUT2D eigenvalue weighted by molar-refractivity contribution is -0.0460. The van der Waals surface area contributed by atoms with Crippen molar-refractivity contribution in [3.8, 4) is 0 Å². The highest BCUT2D eigenvalue weighted by Crippen LogP contribution is 2.30. The summed E-state index contributed by atoms with van der Waals surface area (Å²) in [5.41, 5.74) is 3.58. The van der Waals surface area contributed by atoms with Crippen molar-refractivity contribution in [3.63, 3.8) is 0 Å². The fourth-order valence-corrected chi connectivity index (χ4v) is 3.07. The molecule has 1 N–H and O–H groups in total. The van der Waals surface area contributed by atoms with Crippen molar-refractivity contribution in [1.82, 2.24) is 0 Å². The van der Waals surface area contributed by atoms with Crippen LogP contribution in [0.15, 0.2) is 48.5 Å². The second kappa shape index (κ2) is 6.24. The van der Waals surface area contributed by atoms with Gasteiger partial charge in [0.1, 0.15) is 6.10 Å². The Morgan fingerprint density at radius 1 is 1.15 bits per heavy atom. The molecule has 0 aliphatic carbocycles. The lowest BCUT2D eigenvalue weighted by Gasteiger charge is -2.29. The van der Waals surface area contributed by atoms with Crippen molar-refractivity contribution in [2.45, 2.75) is 25.0 Å². The van der Waals surface area contributed by atoms with Gasteiger partial charge >= 0.3 is 0 Å². The van der Waals surface area contributed by atoms with Gasteiger partial charge in [0.05, 0.1) is 12.7 Å². The van der Waals surface area contributed by atoms with Crippen LogP contribution in [-0.4, -0.2) is 17.8 Å². The van der Waals surface area contributed by atoms with E-state index in [9.17, 15) is 5.11 Å². The van der Waals surface area contributed by atoms with E-state index in [1.54, 1.807) is 0 Å². The first-order chi connectivity index (χ1) is 9.74. The van der Waals surface area contributed by atoms with Gasteiger partial charge in [0, 0.05) is 9.99 Å².